The molecule has 0 saturated carbocycles. The van der Waals surface area contributed by atoms with E-state index in [1.165, 1.54) is 33.0 Å². The molecule has 3 aromatic heterocycles. The molecular weight excluding hydrogens is 1140 g/mol. The Hall–Kier alpha value is -3.82. The van der Waals surface area contributed by atoms with Crippen LogP contribution in [0.1, 0.15) is 61.7 Å². The summed E-state index contributed by atoms with van der Waals surface area (Å²) in [5.41, 5.74) is 8.80. The van der Waals surface area contributed by atoms with Crippen LogP contribution in [-0.2, 0) is 39.3 Å². The second kappa shape index (κ2) is 28.2. The van der Waals surface area contributed by atoms with Crippen molar-refractivity contribution >= 4 is 83.5 Å². The molecule has 0 fully saturated rings. The highest BCUT2D eigenvalue weighted by molar-refractivity contribution is 9.09. The smallest absolute Gasteiger partial charge is 0.119 e. The number of aromatic nitrogens is 2. The van der Waals surface area contributed by atoms with Crippen molar-refractivity contribution in [2.24, 2.45) is 4.40 Å². The first-order valence-electron chi connectivity index (χ1n) is 25.5. The van der Waals surface area contributed by atoms with Gasteiger partial charge in [-0.25, -0.2) is 19.1 Å². The summed E-state index contributed by atoms with van der Waals surface area (Å²) in [6.07, 6.45) is 0. The molecule has 0 amide bonds. The number of hydrogen-bond donors (Lipinski definition) is 1. The Kier molecular flexibility index (Phi) is 21.5. The number of halogens is 2. The van der Waals surface area contributed by atoms with Gasteiger partial charge in [-0.15, -0.1) is 22.7 Å². The Labute approximate surface area is 471 Å². The number of nitrogens with one attached hydrogen (secondary N) is 1. The summed E-state index contributed by atoms with van der Waals surface area (Å²) in [4.78, 5) is 16.2. The van der Waals surface area contributed by atoms with Crippen molar-refractivity contribution in [1.29, 1.82) is 0 Å². The number of thiophene rings is 2. The zero-order chi connectivity index (χ0) is 52.6. The van der Waals surface area contributed by atoms with Gasteiger partial charge in [-0.1, -0.05) is 97.7 Å². The molecule has 0 radical (unpaired) electrons. The van der Waals surface area contributed by atoms with Crippen LogP contribution < -0.4 is 24.9 Å². The fourth-order valence-corrected chi connectivity index (χ4v) is 11.6. The zero-order valence-electron chi connectivity index (χ0n) is 43.7. The summed E-state index contributed by atoms with van der Waals surface area (Å²) in [7, 11) is 0. The van der Waals surface area contributed by atoms with Gasteiger partial charge in [0.15, 0.2) is 0 Å². The van der Waals surface area contributed by atoms with Gasteiger partial charge >= 0.3 is 0 Å². The quantitative estimate of drug-likeness (QED) is 0.0273. The van der Waals surface area contributed by atoms with Crippen molar-refractivity contribution in [2.45, 2.75) is 58.4 Å². The van der Waals surface area contributed by atoms with E-state index in [9.17, 15) is 0 Å². The topological polar surface area (TPSA) is 124 Å². The van der Waals surface area contributed by atoms with Gasteiger partial charge in [0.25, 0.3) is 0 Å². The Balaban J connectivity index is 1.14. The Morgan fingerprint density at radius 1 is 0.467 bits per heavy atom. The van der Waals surface area contributed by atoms with E-state index in [1.807, 2.05) is 35.6 Å². The standard InChI is InChI=1S/C58H68Br2N4O8S3/c1-57(2,3)42-13-7-39(8-14-42)45-19-20-46(73-45)49-53-54(50(56-55(49)63-75-64-56)47-21-22-48(74-47)58(4,5)6)62-52(41-11-17-44(18-12-41)72-38-36-70-34-32-68-30-28-66-26-24-60)51(61-53)40-9-15-43(16-10-40)71-37-35-69-33-31-67-29-27-65-25-23-59/h7-22,56,64H,23-38H2,1-6H3. The molecule has 0 bridgehead atoms. The van der Waals surface area contributed by atoms with Crippen LogP contribution in [0.2, 0.25) is 0 Å². The van der Waals surface area contributed by atoms with Crippen LogP contribution in [0.25, 0.3) is 44.1 Å². The van der Waals surface area contributed by atoms with Crippen molar-refractivity contribution in [3.05, 3.63) is 128 Å². The minimum absolute atomic E-state index is 0.0289. The van der Waals surface area contributed by atoms with Gasteiger partial charge in [0.05, 0.1) is 120 Å². The summed E-state index contributed by atoms with van der Waals surface area (Å²) in [6, 6.07) is 33.8. The van der Waals surface area contributed by atoms with E-state index in [-0.39, 0.29) is 16.9 Å². The van der Waals surface area contributed by atoms with E-state index in [2.05, 4.69) is 151 Å². The summed E-state index contributed by atoms with van der Waals surface area (Å²) >= 11 is 11.7. The maximum Gasteiger partial charge on any atom is 0.119 e. The van der Waals surface area contributed by atoms with Gasteiger partial charge < -0.3 is 37.9 Å². The summed E-state index contributed by atoms with van der Waals surface area (Å²) < 4.78 is 54.8. The van der Waals surface area contributed by atoms with E-state index in [4.69, 9.17) is 52.3 Å². The molecule has 17 heteroatoms. The summed E-state index contributed by atoms with van der Waals surface area (Å²) in [5, 5.41) is 3.25. The van der Waals surface area contributed by atoms with E-state index >= 15 is 0 Å². The fraction of sp³-hybridized carbons (Fsp3) is 0.431. The highest BCUT2D eigenvalue weighted by Crippen LogP contribution is 2.40. The Morgan fingerprint density at radius 3 is 1.40 bits per heavy atom. The second-order valence-corrected chi connectivity index (χ2v) is 24.1. The highest BCUT2D eigenvalue weighted by atomic mass is 79.9. The summed E-state index contributed by atoms with van der Waals surface area (Å²) in [5.74, 6) is 1.46. The molecule has 6 aromatic rings. The van der Waals surface area contributed by atoms with E-state index in [0.717, 1.165) is 82.0 Å². The van der Waals surface area contributed by atoms with Crippen LogP contribution in [0.4, 0.5) is 0 Å². The summed E-state index contributed by atoms with van der Waals surface area (Å²) in [6.45, 7) is 20.7. The molecule has 75 heavy (non-hydrogen) atoms. The van der Waals surface area contributed by atoms with Crippen LogP contribution in [0.15, 0.2) is 101 Å². The number of ether oxygens (including phenoxy) is 8. The lowest BCUT2D eigenvalue weighted by atomic mass is 9.86. The van der Waals surface area contributed by atoms with E-state index in [0.29, 0.717) is 92.5 Å². The lowest BCUT2D eigenvalue weighted by Gasteiger charge is -2.23. The third-order valence-electron chi connectivity index (χ3n) is 12.2. The van der Waals surface area contributed by atoms with Crippen LogP contribution in [0.5, 0.6) is 11.5 Å². The zero-order valence-corrected chi connectivity index (χ0v) is 49.3. The number of hydrogen-bond acceptors (Lipinski definition) is 15. The van der Waals surface area contributed by atoms with Crippen molar-refractivity contribution in [1.82, 2.24) is 14.7 Å². The predicted molar refractivity (Wildman–Crippen MR) is 314 cm³/mol. The maximum absolute atomic E-state index is 6.15. The van der Waals surface area contributed by atoms with Crippen molar-refractivity contribution in [3.8, 4) is 44.5 Å². The fourth-order valence-electron chi connectivity index (χ4n) is 8.28. The number of alkyl halides is 2. The van der Waals surface area contributed by atoms with Gasteiger partial charge in [-0.3, -0.25) is 0 Å². The molecule has 0 saturated heterocycles. The number of rotatable bonds is 29. The van der Waals surface area contributed by atoms with Gasteiger partial charge in [-0.2, -0.15) is 0 Å². The monoisotopic (exact) mass is 1200 g/mol. The molecule has 0 spiro atoms. The van der Waals surface area contributed by atoms with E-state index in [1.54, 1.807) is 11.3 Å². The van der Waals surface area contributed by atoms with Crippen molar-refractivity contribution in [2.75, 3.05) is 103 Å². The van der Waals surface area contributed by atoms with Crippen LogP contribution in [0.3, 0.4) is 0 Å². The molecule has 12 nitrogen and oxygen atoms in total. The van der Waals surface area contributed by atoms with Gasteiger partial charge in [0.2, 0.25) is 0 Å². The normalized spacial score (nSPS) is 14.6. The molecule has 3 aromatic carbocycles. The average Bonchev–Trinajstić information content (AvgIpc) is 4.24. The minimum atomic E-state index is -0.215. The molecule has 1 unspecified atom stereocenters. The molecule has 4 heterocycles. The van der Waals surface area contributed by atoms with Gasteiger partial charge in [0, 0.05) is 52.4 Å². The molecule has 1 aliphatic carbocycles. The predicted octanol–water partition coefficient (Wildman–Crippen LogP) is 11.2. The van der Waals surface area contributed by atoms with Crippen molar-refractivity contribution < 1.29 is 37.9 Å². The molecule has 2 aliphatic rings. The lowest BCUT2D eigenvalue weighted by molar-refractivity contribution is 0.0119. The molecule has 8 rings (SSSR count). The Bertz CT molecular complexity index is 2920. The van der Waals surface area contributed by atoms with Crippen molar-refractivity contribution in [3.63, 3.8) is 0 Å². The third-order valence-corrected chi connectivity index (χ3v) is 16.2. The SMILES string of the molecule is CC(C)(C)c1ccc(-c2ccc(C3=c4nc(-c5ccc(OCCOCCOCCOCCBr)cc5)c(-c5ccc(OCCOCCOCCOCCBr)cc5)nc4=C(c4ccc(C(C)(C)C)s4)C4NSN=C34)s2)cc1. The molecule has 1 N–H and O–H groups in total. The number of nitrogens with zero attached hydrogens (tertiary/aromatic N) is 3. The van der Waals surface area contributed by atoms with E-state index < -0.39 is 0 Å². The first kappa shape index (κ1) is 57.4. The molecule has 1 aliphatic heterocycles. The first-order valence-corrected chi connectivity index (χ1v) is 30.1. The van der Waals surface area contributed by atoms with Crippen LogP contribution in [0, 0.1) is 0 Å². The lowest BCUT2D eigenvalue weighted by Crippen LogP contribution is -2.49. The number of benzene rings is 3. The largest absolute Gasteiger partial charge is 0.491 e. The van der Waals surface area contributed by atoms with Crippen LogP contribution >= 0.6 is 66.7 Å². The molecular formula is C58H68Br2N4O8S3. The average molecular weight is 1210 g/mol. The number of fused-ring (bicyclic) bond motifs is 2. The Morgan fingerprint density at radius 2 is 0.920 bits per heavy atom. The molecule has 400 valence electrons. The minimum Gasteiger partial charge on any atom is -0.491 e. The van der Waals surface area contributed by atoms with Gasteiger partial charge in [0.1, 0.15) is 30.1 Å². The van der Waals surface area contributed by atoms with Gasteiger partial charge in [-0.05, 0) is 94.8 Å². The highest BCUT2D eigenvalue weighted by Gasteiger charge is 2.37. The third kappa shape index (κ3) is 15.7. The second-order valence-electron chi connectivity index (χ2n) is 19.7. The van der Waals surface area contributed by atoms with Crippen LogP contribution in [-0.4, -0.2) is 125 Å². The first-order chi connectivity index (χ1) is 36.4. The maximum atomic E-state index is 6.15. The molecule has 1 atom stereocenters.